The summed E-state index contributed by atoms with van der Waals surface area (Å²) in [4.78, 5) is 37.2. The van der Waals surface area contributed by atoms with Crippen LogP contribution in [-0.2, 0) is 0 Å². The molecule has 3 N–H and O–H groups in total. The molecule has 0 aromatic heterocycles. The first-order valence-electron chi connectivity index (χ1n) is 9.59. The van der Waals surface area contributed by atoms with E-state index in [1.54, 1.807) is 54.6 Å². The van der Waals surface area contributed by atoms with E-state index in [0.29, 0.717) is 34.1 Å². The van der Waals surface area contributed by atoms with Gasteiger partial charge in [0.25, 0.3) is 17.7 Å². The first-order valence-corrected chi connectivity index (χ1v) is 9.59. The molecule has 3 amide bonds. The van der Waals surface area contributed by atoms with E-state index >= 15 is 0 Å². The van der Waals surface area contributed by atoms with Crippen LogP contribution >= 0.6 is 0 Å². The van der Waals surface area contributed by atoms with Crippen LogP contribution in [0.2, 0.25) is 0 Å². The minimum Gasteiger partial charge on any atom is -0.497 e. The fraction of sp³-hybridized carbons (Fsp3) is 0.0870. The number of carbonyl (C=O) groups is 3. The van der Waals surface area contributed by atoms with E-state index in [9.17, 15) is 14.4 Å². The summed E-state index contributed by atoms with van der Waals surface area (Å²) >= 11 is 0. The Labute approximate surface area is 183 Å². The molecule has 9 heteroatoms. The van der Waals surface area contributed by atoms with Crippen molar-refractivity contribution in [2.75, 3.05) is 19.2 Å². The first kappa shape index (κ1) is 20.7. The molecular weight excluding hydrogens is 414 g/mol. The van der Waals surface area contributed by atoms with E-state index in [-0.39, 0.29) is 18.3 Å². The molecule has 3 aromatic rings. The second kappa shape index (κ2) is 9.09. The summed E-state index contributed by atoms with van der Waals surface area (Å²) in [5, 5.41) is 2.73. The van der Waals surface area contributed by atoms with E-state index in [4.69, 9.17) is 14.2 Å². The number of methoxy groups -OCH3 is 1. The Morgan fingerprint density at radius 3 is 2.16 bits per heavy atom. The molecule has 162 valence electrons. The van der Waals surface area contributed by atoms with Gasteiger partial charge in [0.2, 0.25) is 6.79 Å². The minimum atomic E-state index is -0.545. The van der Waals surface area contributed by atoms with Crippen molar-refractivity contribution in [2.24, 2.45) is 0 Å². The molecular formula is C23H19N3O6. The van der Waals surface area contributed by atoms with Gasteiger partial charge in [0, 0.05) is 22.4 Å². The molecule has 0 unspecified atom stereocenters. The van der Waals surface area contributed by atoms with Gasteiger partial charge >= 0.3 is 0 Å². The van der Waals surface area contributed by atoms with Crippen LogP contribution in [0, 0.1) is 0 Å². The first-order chi connectivity index (χ1) is 15.5. The monoisotopic (exact) mass is 433 g/mol. The highest BCUT2D eigenvalue weighted by atomic mass is 16.7. The lowest BCUT2D eigenvalue weighted by atomic mass is 10.1. The van der Waals surface area contributed by atoms with Gasteiger partial charge in [-0.3, -0.25) is 25.2 Å². The van der Waals surface area contributed by atoms with Crippen molar-refractivity contribution in [3.63, 3.8) is 0 Å². The van der Waals surface area contributed by atoms with Crippen LogP contribution in [0.25, 0.3) is 0 Å². The normalized spacial score (nSPS) is 11.4. The summed E-state index contributed by atoms with van der Waals surface area (Å²) in [6.07, 6.45) is 0. The van der Waals surface area contributed by atoms with E-state index < -0.39 is 11.8 Å². The number of amides is 3. The number of ether oxygens (including phenoxy) is 3. The summed E-state index contributed by atoms with van der Waals surface area (Å²) in [6, 6.07) is 17.7. The molecule has 32 heavy (non-hydrogen) atoms. The Morgan fingerprint density at radius 1 is 0.750 bits per heavy atom. The Bertz CT molecular complexity index is 1190. The number of rotatable bonds is 5. The minimum absolute atomic E-state index is 0.0990. The Kier molecular flexibility index (Phi) is 5.89. The van der Waals surface area contributed by atoms with Gasteiger partial charge in [0.1, 0.15) is 5.75 Å². The average Bonchev–Trinajstić information content (AvgIpc) is 3.30. The number of carbonyl (C=O) groups excluding carboxylic acids is 3. The van der Waals surface area contributed by atoms with Crippen LogP contribution in [-0.4, -0.2) is 31.6 Å². The van der Waals surface area contributed by atoms with Gasteiger partial charge in [-0.05, 0) is 54.6 Å². The molecule has 1 heterocycles. The van der Waals surface area contributed by atoms with Gasteiger partial charge in [0.05, 0.1) is 7.11 Å². The molecule has 3 aromatic carbocycles. The Balaban J connectivity index is 1.37. The zero-order valence-electron chi connectivity index (χ0n) is 17.0. The highest BCUT2D eigenvalue weighted by molar-refractivity contribution is 6.05. The summed E-state index contributed by atoms with van der Waals surface area (Å²) in [5.74, 6) is 0.166. The second-order valence-corrected chi connectivity index (χ2v) is 6.74. The van der Waals surface area contributed by atoms with Crippen LogP contribution in [0.5, 0.6) is 17.2 Å². The van der Waals surface area contributed by atoms with Crippen molar-refractivity contribution in [1.82, 2.24) is 10.9 Å². The van der Waals surface area contributed by atoms with Gasteiger partial charge in [-0.2, -0.15) is 0 Å². The van der Waals surface area contributed by atoms with Gasteiger partial charge in [-0.25, -0.2) is 0 Å². The van der Waals surface area contributed by atoms with Crippen LogP contribution < -0.4 is 30.4 Å². The fourth-order valence-electron chi connectivity index (χ4n) is 3.00. The zero-order valence-corrected chi connectivity index (χ0v) is 17.0. The van der Waals surface area contributed by atoms with Crippen molar-refractivity contribution >= 4 is 23.4 Å². The van der Waals surface area contributed by atoms with E-state index in [1.807, 2.05) is 0 Å². The van der Waals surface area contributed by atoms with Gasteiger partial charge in [-0.1, -0.05) is 12.1 Å². The SMILES string of the molecule is COc1cccc(C(=O)Nc2cccc(C(=O)NNC(=O)c3ccc4c(c3)OCO4)c2)c1. The molecule has 9 nitrogen and oxygen atoms in total. The molecule has 0 bridgehead atoms. The average molecular weight is 433 g/mol. The molecule has 0 fully saturated rings. The smallest absolute Gasteiger partial charge is 0.269 e. The van der Waals surface area contributed by atoms with E-state index in [2.05, 4.69) is 16.2 Å². The lowest BCUT2D eigenvalue weighted by Crippen LogP contribution is -2.41. The maximum absolute atomic E-state index is 12.5. The van der Waals surface area contributed by atoms with Crippen molar-refractivity contribution in [3.8, 4) is 17.2 Å². The summed E-state index contributed by atoms with van der Waals surface area (Å²) in [7, 11) is 1.52. The highest BCUT2D eigenvalue weighted by Crippen LogP contribution is 2.32. The van der Waals surface area contributed by atoms with Crippen LogP contribution in [0.1, 0.15) is 31.1 Å². The largest absolute Gasteiger partial charge is 0.497 e. The van der Waals surface area contributed by atoms with Crippen molar-refractivity contribution < 1.29 is 28.6 Å². The number of anilines is 1. The molecule has 0 aliphatic carbocycles. The van der Waals surface area contributed by atoms with Crippen molar-refractivity contribution in [3.05, 3.63) is 83.4 Å². The number of hydrazine groups is 1. The number of hydrogen-bond acceptors (Lipinski definition) is 6. The molecule has 4 rings (SSSR count). The molecule has 0 radical (unpaired) electrons. The lowest BCUT2D eigenvalue weighted by Gasteiger charge is -2.10. The molecule has 0 saturated carbocycles. The number of nitrogens with one attached hydrogen (secondary N) is 3. The predicted molar refractivity (Wildman–Crippen MR) is 115 cm³/mol. The van der Waals surface area contributed by atoms with Crippen LogP contribution in [0.4, 0.5) is 5.69 Å². The van der Waals surface area contributed by atoms with Gasteiger partial charge in [-0.15, -0.1) is 0 Å². The van der Waals surface area contributed by atoms with Gasteiger partial charge in [0.15, 0.2) is 11.5 Å². The van der Waals surface area contributed by atoms with Crippen molar-refractivity contribution in [1.29, 1.82) is 0 Å². The third-order valence-corrected chi connectivity index (χ3v) is 4.64. The molecule has 0 atom stereocenters. The Hall–Kier alpha value is -4.53. The maximum Gasteiger partial charge on any atom is 0.269 e. The molecule has 1 aliphatic heterocycles. The van der Waals surface area contributed by atoms with E-state index in [1.165, 1.54) is 19.2 Å². The van der Waals surface area contributed by atoms with E-state index in [0.717, 1.165) is 0 Å². The maximum atomic E-state index is 12.5. The standard InChI is InChI=1S/C23H19N3O6/c1-30-18-7-3-5-15(11-18)21(27)24-17-6-2-4-14(10-17)22(28)25-26-23(29)16-8-9-19-20(12-16)32-13-31-19/h2-12H,13H2,1H3,(H,24,27)(H,25,28)(H,26,29). The molecule has 0 saturated heterocycles. The number of benzene rings is 3. The summed E-state index contributed by atoms with van der Waals surface area (Å²) in [6.45, 7) is 0.0990. The summed E-state index contributed by atoms with van der Waals surface area (Å²) < 4.78 is 15.6. The van der Waals surface area contributed by atoms with Crippen LogP contribution in [0.15, 0.2) is 66.7 Å². The van der Waals surface area contributed by atoms with Gasteiger partial charge < -0.3 is 19.5 Å². The number of fused-ring (bicyclic) bond motifs is 1. The quantitative estimate of drug-likeness (QED) is 0.533. The lowest BCUT2D eigenvalue weighted by molar-refractivity contribution is 0.0846. The fourth-order valence-corrected chi connectivity index (χ4v) is 3.00. The highest BCUT2D eigenvalue weighted by Gasteiger charge is 2.17. The third kappa shape index (κ3) is 4.62. The topological polar surface area (TPSA) is 115 Å². The number of hydrogen-bond donors (Lipinski definition) is 3. The molecule has 0 spiro atoms. The third-order valence-electron chi connectivity index (χ3n) is 4.64. The second-order valence-electron chi connectivity index (χ2n) is 6.74. The summed E-state index contributed by atoms with van der Waals surface area (Å²) in [5.41, 5.74) is 6.09. The van der Waals surface area contributed by atoms with Crippen molar-refractivity contribution in [2.45, 2.75) is 0 Å². The predicted octanol–water partition coefficient (Wildman–Crippen LogP) is 2.75. The Morgan fingerprint density at radius 2 is 1.41 bits per heavy atom. The van der Waals surface area contributed by atoms with Crippen LogP contribution in [0.3, 0.4) is 0 Å². The zero-order chi connectivity index (χ0) is 22.5. The molecule has 1 aliphatic rings.